The average Bonchev–Trinajstić information content (AvgIpc) is 3.44. The Morgan fingerprint density at radius 3 is 2.23 bits per heavy atom. The topological polar surface area (TPSA) is 148 Å². The molecule has 2 aromatic heterocycles. The number of aliphatic hydroxyl groups is 1. The van der Waals surface area contributed by atoms with Crippen LogP contribution in [0.1, 0.15) is 22.0 Å². The molecular formula is C33H27F2N5O6S. The zero-order valence-electron chi connectivity index (χ0n) is 25.2. The smallest absolute Gasteiger partial charge is 0.278 e. The van der Waals surface area contributed by atoms with Crippen molar-refractivity contribution >= 4 is 43.5 Å². The van der Waals surface area contributed by atoms with Crippen molar-refractivity contribution < 1.29 is 31.5 Å². The Balaban J connectivity index is 1.60. The molecule has 0 fully saturated rings. The van der Waals surface area contributed by atoms with Gasteiger partial charge in [-0.05, 0) is 65.7 Å². The summed E-state index contributed by atoms with van der Waals surface area (Å²) in [5.74, 6) is -1.31. The Labute approximate surface area is 266 Å². The molecule has 4 aromatic carbocycles. The second kappa shape index (κ2) is 12.0. The van der Waals surface area contributed by atoms with E-state index in [2.05, 4.69) is 15.6 Å². The van der Waals surface area contributed by atoms with Gasteiger partial charge in [-0.15, -0.1) is 5.10 Å². The molecular weight excluding hydrogens is 632 g/mol. The Morgan fingerprint density at radius 2 is 1.62 bits per heavy atom. The fourth-order valence-corrected chi connectivity index (χ4v) is 5.90. The van der Waals surface area contributed by atoms with Gasteiger partial charge in [0.25, 0.3) is 11.5 Å². The average molecular weight is 660 g/mol. The second-order valence-corrected chi connectivity index (χ2v) is 12.8. The first-order valence-electron chi connectivity index (χ1n) is 14.2. The third-order valence-corrected chi connectivity index (χ3v) is 9.11. The minimum atomic E-state index is -3.81. The number of hydrogen-bond donors (Lipinski definition) is 2. The number of nitrogens with one attached hydrogen (secondary N) is 1. The number of carbonyl (C=O) groups excluding carboxylic acids is 1. The number of nitrogens with zero attached hydrogens (tertiary/aromatic N) is 4. The van der Waals surface area contributed by atoms with Gasteiger partial charge < -0.3 is 14.8 Å². The number of fused-ring (bicyclic) bond motifs is 2. The van der Waals surface area contributed by atoms with Crippen molar-refractivity contribution in [3.63, 3.8) is 0 Å². The van der Waals surface area contributed by atoms with Crippen LogP contribution in [0.3, 0.4) is 0 Å². The summed E-state index contributed by atoms with van der Waals surface area (Å²) in [6, 6.07) is 17.5. The molecule has 6 aromatic rings. The molecule has 1 unspecified atom stereocenters. The van der Waals surface area contributed by atoms with Crippen LogP contribution in [0.2, 0.25) is 0 Å². The number of aromatic nitrogens is 3. The molecule has 6 rings (SSSR count). The van der Waals surface area contributed by atoms with Gasteiger partial charge in [-0.25, -0.2) is 21.9 Å². The van der Waals surface area contributed by atoms with E-state index in [1.807, 2.05) is 0 Å². The van der Waals surface area contributed by atoms with Crippen LogP contribution in [0.4, 0.5) is 14.5 Å². The second-order valence-electron chi connectivity index (χ2n) is 10.8. The molecule has 11 nitrogen and oxygen atoms in total. The molecule has 47 heavy (non-hydrogen) atoms. The van der Waals surface area contributed by atoms with Gasteiger partial charge in [-0.2, -0.15) is 0 Å². The van der Waals surface area contributed by atoms with Gasteiger partial charge in [0.05, 0.1) is 29.5 Å². The first kappa shape index (κ1) is 31.5. The lowest BCUT2D eigenvalue weighted by Crippen LogP contribution is -2.31. The lowest BCUT2D eigenvalue weighted by atomic mass is 9.97. The number of aliphatic hydroxyl groups excluding tert-OH is 1. The third kappa shape index (κ3) is 5.72. The summed E-state index contributed by atoms with van der Waals surface area (Å²) in [4.78, 5) is 27.0. The van der Waals surface area contributed by atoms with E-state index < -0.39 is 45.8 Å². The van der Waals surface area contributed by atoms with E-state index in [0.717, 1.165) is 15.2 Å². The van der Waals surface area contributed by atoms with E-state index in [9.17, 15) is 31.9 Å². The van der Waals surface area contributed by atoms with Gasteiger partial charge in [-0.3, -0.25) is 13.9 Å². The Hall–Kier alpha value is -5.47. The van der Waals surface area contributed by atoms with Crippen molar-refractivity contribution in [1.82, 2.24) is 20.3 Å². The lowest BCUT2D eigenvalue weighted by molar-refractivity contribution is 0.0964. The predicted molar refractivity (Wildman–Crippen MR) is 173 cm³/mol. The molecule has 14 heteroatoms. The number of rotatable bonds is 8. The number of furan rings is 1. The predicted octanol–water partition coefficient (Wildman–Crippen LogP) is 4.49. The Bertz CT molecular complexity index is 2340. The van der Waals surface area contributed by atoms with E-state index in [1.54, 1.807) is 18.2 Å². The van der Waals surface area contributed by atoms with Gasteiger partial charge in [0.15, 0.2) is 0 Å². The molecule has 0 aliphatic rings. The number of sulfonamides is 1. The lowest BCUT2D eigenvalue weighted by Gasteiger charge is -2.21. The minimum absolute atomic E-state index is 0.108. The van der Waals surface area contributed by atoms with Gasteiger partial charge >= 0.3 is 0 Å². The van der Waals surface area contributed by atoms with Crippen molar-refractivity contribution in [3.8, 4) is 22.5 Å². The molecule has 0 radical (unpaired) electrons. The van der Waals surface area contributed by atoms with Crippen LogP contribution < -0.4 is 15.2 Å². The summed E-state index contributed by atoms with van der Waals surface area (Å²) in [7, 11) is -1.01. The SMILES string of the molecule is CNC(=O)c1c(-c2ccc(F)cc2)oc2cc(N(C)S(C)(=O)=O)c(-c3ccc4nnn(C(CO)c5ccc(F)cc5)c(=O)c4c3)cc12. The fraction of sp³-hybridized carbons (Fsp3) is 0.152. The molecule has 0 saturated heterocycles. The molecule has 0 aliphatic carbocycles. The summed E-state index contributed by atoms with van der Waals surface area (Å²) >= 11 is 0. The number of carbonyl (C=O) groups is 1. The molecule has 0 saturated carbocycles. The van der Waals surface area contributed by atoms with E-state index in [4.69, 9.17) is 4.42 Å². The maximum Gasteiger partial charge on any atom is 0.278 e. The van der Waals surface area contributed by atoms with Crippen LogP contribution in [0, 0.1) is 11.6 Å². The van der Waals surface area contributed by atoms with Crippen molar-refractivity contribution in [3.05, 3.63) is 112 Å². The van der Waals surface area contributed by atoms with Crippen LogP contribution in [0.25, 0.3) is 44.3 Å². The summed E-state index contributed by atoms with van der Waals surface area (Å²) in [6.45, 7) is -0.523. The van der Waals surface area contributed by atoms with Crippen LogP contribution in [-0.4, -0.2) is 61.4 Å². The zero-order valence-corrected chi connectivity index (χ0v) is 26.0. The van der Waals surface area contributed by atoms with Crippen molar-refractivity contribution in [2.45, 2.75) is 6.04 Å². The highest BCUT2D eigenvalue weighted by atomic mass is 32.2. The Morgan fingerprint density at radius 1 is 0.979 bits per heavy atom. The fourth-order valence-electron chi connectivity index (χ4n) is 5.39. The summed E-state index contributed by atoms with van der Waals surface area (Å²) in [5.41, 5.74) is 1.74. The molecule has 0 bridgehead atoms. The number of hydrogen-bond acceptors (Lipinski definition) is 8. The standard InChI is InChI=1S/C33H27F2N5O6S/c1-36-32(42)30-25-15-23(27(39(2)47(3,44)45)16-29(25)46-31(30)19-6-11-22(35)12-7-19)20-8-13-26-24(14-20)33(43)40(38-37-26)28(17-41)18-4-9-21(34)10-5-18/h4-16,28,41H,17H2,1-3H3,(H,36,42). The van der Waals surface area contributed by atoms with Crippen LogP contribution in [0.5, 0.6) is 0 Å². The summed E-state index contributed by atoms with van der Waals surface area (Å²) in [5, 5.41) is 21.4. The quantitative estimate of drug-likeness (QED) is 0.243. The Kier molecular flexibility index (Phi) is 8.07. The molecule has 0 spiro atoms. The van der Waals surface area contributed by atoms with Gasteiger partial charge in [0, 0.05) is 36.7 Å². The molecule has 240 valence electrons. The minimum Gasteiger partial charge on any atom is -0.455 e. The van der Waals surface area contributed by atoms with Crippen molar-refractivity contribution in [1.29, 1.82) is 0 Å². The van der Waals surface area contributed by atoms with Gasteiger partial charge in [-0.1, -0.05) is 23.4 Å². The maximum atomic E-state index is 13.8. The summed E-state index contributed by atoms with van der Waals surface area (Å²) in [6.07, 6.45) is 1.03. The normalized spacial score (nSPS) is 12.4. The van der Waals surface area contributed by atoms with Crippen LogP contribution >= 0.6 is 0 Å². The van der Waals surface area contributed by atoms with Crippen molar-refractivity contribution in [2.24, 2.45) is 0 Å². The monoisotopic (exact) mass is 659 g/mol. The summed E-state index contributed by atoms with van der Waals surface area (Å²) < 4.78 is 61.0. The molecule has 2 heterocycles. The first-order chi connectivity index (χ1) is 22.4. The zero-order chi connectivity index (χ0) is 33.6. The van der Waals surface area contributed by atoms with E-state index in [-0.39, 0.29) is 33.5 Å². The van der Waals surface area contributed by atoms with Crippen LogP contribution in [0.15, 0.2) is 88.1 Å². The molecule has 0 aliphatic heterocycles. The largest absolute Gasteiger partial charge is 0.455 e. The first-order valence-corrected chi connectivity index (χ1v) is 16.0. The van der Waals surface area contributed by atoms with E-state index in [0.29, 0.717) is 27.6 Å². The highest BCUT2D eigenvalue weighted by Gasteiger charge is 2.26. The van der Waals surface area contributed by atoms with Crippen LogP contribution in [-0.2, 0) is 10.0 Å². The third-order valence-electron chi connectivity index (χ3n) is 7.92. The van der Waals surface area contributed by atoms with Gasteiger partial charge in [0.1, 0.15) is 34.5 Å². The maximum absolute atomic E-state index is 13.8. The molecule has 1 atom stereocenters. The van der Waals surface area contributed by atoms with E-state index >= 15 is 0 Å². The van der Waals surface area contributed by atoms with Gasteiger partial charge in [0.2, 0.25) is 10.0 Å². The van der Waals surface area contributed by atoms with E-state index in [1.165, 1.54) is 74.8 Å². The highest BCUT2D eigenvalue weighted by molar-refractivity contribution is 7.92. The van der Waals surface area contributed by atoms with Crippen molar-refractivity contribution in [2.75, 3.05) is 31.3 Å². The number of halogens is 2. The molecule has 1 amide bonds. The highest BCUT2D eigenvalue weighted by Crippen LogP contribution is 2.41. The molecule has 2 N–H and O–H groups in total. The number of anilines is 1. The number of benzene rings is 4. The number of amides is 1.